The smallest absolute Gasteiger partial charge is 0.235 e. The predicted octanol–water partition coefficient (Wildman–Crippen LogP) is 3.85. The highest BCUT2D eigenvalue weighted by Crippen LogP contribution is 2.23. The number of hydrogen-bond acceptors (Lipinski definition) is 2. The van der Waals surface area contributed by atoms with Gasteiger partial charge in [-0.1, -0.05) is 48.0 Å². The van der Waals surface area contributed by atoms with Gasteiger partial charge in [-0.3, -0.25) is 9.59 Å². The lowest BCUT2D eigenvalue weighted by molar-refractivity contribution is 0.0817. The number of ketones is 2. The molecule has 0 spiro atoms. The van der Waals surface area contributed by atoms with Crippen LogP contribution in [0, 0.1) is 13.8 Å². The molecule has 1 heterocycles. The van der Waals surface area contributed by atoms with Crippen molar-refractivity contribution in [3.8, 4) is 0 Å². The molecule has 3 nitrogen and oxygen atoms in total. The van der Waals surface area contributed by atoms with Crippen LogP contribution in [0.4, 0.5) is 0 Å². The van der Waals surface area contributed by atoms with Crippen LogP contribution >= 0.6 is 0 Å². The van der Waals surface area contributed by atoms with Gasteiger partial charge in [0.15, 0.2) is 0 Å². The summed E-state index contributed by atoms with van der Waals surface area (Å²) in [5.41, 5.74) is 3.55. The van der Waals surface area contributed by atoms with Crippen molar-refractivity contribution >= 4 is 22.5 Å². The van der Waals surface area contributed by atoms with Gasteiger partial charge in [-0.25, -0.2) is 0 Å². The third-order valence-electron chi connectivity index (χ3n) is 3.64. The van der Waals surface area contributed by atoms with Gasteiger partial charge in [0.05, 0.1) is 5.56 Å². The number of carbonyl (C=O) groups is 2. The van der Waals surface area contributed by atoms with Crippen LogP contribution in [-0.4, -0.2) is 16.6 Å². The van der Waals surface area contributed by atoms with Crippen molar-refractivity contribution in [3.63, 3.8) is 0 Å². The highest BCUT2D eigenvalue weighted by molar-refractivity contribution is 6.51. The molecule has 0 aliphatic carbocycles. The van der Waals surface area contributed by atoms with Crippen LogP contribution in [0.5, 0.6) is 0 Å². The lowest BCUT2D eigenvalue weighted by Crippen LogP contribution is -2.15. The minimum Gasteiger partial charge on any atom is -0.358 e. The average molecular weight is 277 g/mol. The Kier molecular flexibility index (Phi) is 3.18. The number of H-pyrrole nitrogens is 1. The van der Waals surface area contributed by atoms with Crippen LogP contribution in [0.2, 0.25) is 0 Å². The lowest BCUT2D eigenvalue weighted by Gasteiger charge is -2.02. The maximum atomic E-state index is 12.6. The zero-order valence-electron chi connectivity index (χ0n) is 11.9. The second-order valence-corrected chi connectivity index (χ2v) is 5.19. The first kappa shape index (κ1) is 13.3. The van der Waals surface area contributed by atoms with E-state index in [1.807, 2.05) is 50.2 Å². The van der Waals surface area contributed by atoms with Gasteiger partial charge in [0.25, 0.3) is 0 Å². The number of nitrogens with one attached hydrogen (secondary N) is 1. The SMILES string of the molecule is Cc1ccc(C(=O)C(=O)c2c(C)[nH]c3ccccc23)cc1. The minimum absolute atomic E-state index is 0.426. The number of carbonyl (C=O) groups excluding carboxylic acids is 2. The first-order chi connectivity index (χ1) is 10.1. The fourth-order valence-corrected chi connectivity index (χ4v) is 2.52. The highest BCUT2D eigenvalue weighted by Gasteiger charge is 2.23. The highest BCUT2D eigenvalue weighted by atomic mass is 16.2. The van der Waals surface area contributed by atoms with E-state index < -0.39 is 11.6 Å². The van der Waals surface area contributed by atoms with E-state index >= 15 is 0 Å². The molecule has 0 aliphatic heterocycles. The summed E-state index contributed by atoms with van der Waals surface area (Å²) >= 11 is 0. The van der Waals surface area contributed by atoms with Gasteiger partial charge in [0.1, 0.15) is 0 Å². The Bertz CT molecular complexity index is 841. The van der Waals surface area contributed by atoms with Gasteiger partial charge in [-0.05, 0) is 19.9 Å². The normalized spacial score (nSPS) is 10.8. The average Bonchev–Trinajstić information content (AvgIpc) is 2.82. The largest absolute Gasteiger partial charge is 0.358 e. The van der Waals surface area contributed by atoms with Crippen LogP contribution < -0.4 is 0 Å². The minimum atomic E-state index is -0.470. The van der Waals surface area contributed by atoms with E-state index in [0.717, 1.165) is 22.2 Å². The quantitative estimate of drug-likeness (QED) is 0.584. The number of Topliss-reactive ketones (excluding diaryl/α,β-unsaturated/α-hetero) is 2. The first-order valence-electron chi connectivity index (χ1n) is 6.81. The molecule has 3 rings (SSSR count). The first-order valence-corrected chi connectivity index (χ1v) is 6.81. The number of aromatic amines is 1. The van der Waals surface area contributed by atoms with Gasteiger partial charge in [-0.15, -0.1) is 0 Å². The van der Waals surface area contributed by atoms with E-state index in [1.54, 1.807) is 12.1 Å². The second-order valence-electron chi connectivity index (χ2n) is 5.19. The molecule has 3 aromatic rings. The number of hydrogen-bond donors (Lipinski definition) is 1. The van der Waals surface area contributed by atoms with E-state index in [-0.39, 0.29) is 0 Å². The number of rotatable bonds is 3. The number of aryl methyl sites for hydroxylation is 2. The van der Waals surface area contributed by atoms with Crippen LogP contribution in [-0.2, 0) is 0 Å². The fourth-order valence-electron chi connectivity index (χ4n) is 2.52. The zero-order valence-corrected chi connectivity index (χ0v) is 11.9. The molecule has 0 atom stereocenters. The monoisotopic (exact) mass is 277 g/mol. The molecule has 0 radical (unpaired) electrons. The summed E-state index contributed by atoms with van der Waals surface area (Å²) in [6.45, 7) is 3.76. The summed E-state index contributed by atoms with van der Waals surface area (Å²) in [4.78, 5) is 28.1. The molecular weight excluding hydrogens is 262 g/mol. The van der Waals surface area contributed by atoms with Crippen LogP contribution in [0.15, 0.2) is 48.5 Å². The van der Waals surface area contributed by atoms with E-state index in [1.165, 1.54) is 0 Å². The summed E-state index contributed by atoms with van der Waals surface area (Å²) in [7, 11) is 0. The van der Waals surface area contributed by atoms with Crippen molar-refractivity contribution in [2.45, 2.75) is 13.8 Å². The third-order valence-corrected chi connectivity index (χ3v) is 3.64. The molecule has 0 aliphatic rings. The van der Waals surface area contributed by atoms with E-state index in [0.29, 0.717) is 11.1 Å². The Hall–Kier alpha value is -2.68. The van der Waals surface area contributed by atoms with Gasteiger partial charge < -0.3 is 4.98 Å². The predicted molar refractivity (Wildman–Crippen MR) is 82.9 cm³/mol. The molecule has 0 amide bonds. The molecule has 0 saturated heterocycles. The summed E-state index contributed by atoms with van der Waals surface area (Å²) in [6.07, 6.45) is 0. The number of aromatic nitrogens is 1. The van der Waals surface area contributed by atoms with Crippen molar-refractivity contribution in [2.24, 2.45) is 0 Å². The van der Waals surface area contributed by atoms with E-state index in [4.69, 9.17) is 0 Å². The second kappa shape index (κ2) is 5.02. The molecule has 0 fully saturated rings. The number of para-hydroxylation sites is 1. The lowest BCUT2D eigenvalue weighted by atomic mass is 9.98. The standard InChI is InChI=1S/C18H15NO2/c1-11-7-9-13(10-8-11)17(20)18(21)16-12(2)19-15-6-4-3-5-14(15)16/h3-10,19H,1-2H3. The van der Waals surface area contributed by atoms with Crippen LogP contribution in [0.3, 0.4) is 0 Å². The molecule has 1 aromatic heterocycles. The zero-order chi connectivity index (χ0) is 15.0. The Morgan fingerprint density at radius 1 is 0.857 bits per heavy atom. The summed E-state index contributed by atoms with van der Waals surface area (Å²) in [6, 6.07) is 14.6. The summed E-state index contributed by atoms with van der Waals surface area (Å²) in [5.74, 6) is -0.934. The van der Waals surface area contributed by atoms with Crippen molar-refractivity contribution in [1.82, 2.24) is 4.98 Å². The molecule has 2 aromatic carbocycles. The number of fused-ring (bicyclic) bond motifs is 1. The molecular formula is C18H15NO2. The molecule has 0 bridgehead atoms. The molecule has 3 heteroatoms. The summed E-state index contributed by atoms with van der Waals surface area (Å²) < 4.78 is 0. The van der Waals surface area contributed by atoms with Gasteiger partial charge >= 0.3 is 0 Å². The number of benzene rings is 2. The van der Waals surface area contributed by atoms with Crippen LogP contribution in [0.1, 0.15) is 32.0 Å². The van der Waals surface area contributed by atoms with Gasteiger partial charge in [0.2, 0.25) is 11.6 Å². The topological polar surface area (TPSA) is 49.9 Å². The Morgan fingerprint density at radius 3 is 2.24 bits per heavy atom. The van der Waals surface area contributed by atoms with Crippen molar-refractivity contribution in [3.05, 3.63) is 70.9 Å². The maximum Gasteiger partial charge on any atom is 0.235 e. The van der Waals surface area contributed by atoms with Crippen molar-refractivity contribution < 1.29 is 9.59 Å². The maximum absolute atomic E-state index is 12.6. The van der Waals surface area contributed by atoms with Crippen LogP contribution in [0.25, 0.3) is 10.9 Å². The Balaban J connectivity index is 2.06. The molecule has 0 unspecified atom stereocenters. The third kappa shape index (κ3) is 2.27. The fraction of sp³-hybridized carbons (Fsp3) is 0.111. The summed E-state index contributed by atoms with van der Waals surface area (Å²) in [5, 5.41) is 0.792. The molecule has 21 heavy (non-hydrogen) atoms. The molecule has 104 valence electrons. The molecule has 1 N–H and O–H groups in total. The Morgan fingerprint density at radius 2 is 1.52 bits per heavy atom. The van der Waals surface area contributed by atoms with Gasteiger partial charge in [0, 0.05) is 22.2 Å². The van der Waals surface area contributed by atoms with E-state index in [2.05, 4.69) is 4.98 Å². The Labute approximate surface area is 122 Å². The molecule has 0 saturated carbocycles. The van der Waals surface area contributed by atoms with Crippen molar-refractivity contribution in [2.75, 3.05) is 0 Å². The van der Waals surface area contributed by atoms with Crippen molar-refractivity contribution in [1.29, 1.82) is 0 Å². The van der Waals surface area contributed by atoms with Gasteiger partial charge in [-0.2, -0.15) is 0 Å². The van der Waals surface area contributed by atoms with E-state index in [9.17, 15) is 9.59 Å².